The Bertz CT molecular complexity index is 408. The highest BCUT2D eigenvalue weighted by atomic mass is 35.5. The molecule has 0 saturated carbocycles. The molecule has 2 N–H and O–H groups in total. The van der Waals surface area contributed by atoms with Gasteiger partial charge in [-0.05, 0) is 25.5 Å². The number of aryl methyl sites for hydroxylation is 1. The molecule has 0 fully saturated rings. The predicted octanol–water partition coefficient (Wildman–Crippen LogP) is 2.21. The van der Waals surface area contributed by atoms with Gasteiger partial charge < -0.3 is 15.4 Å². The highest BCUT2D eigenvalue weighted by Crippen LogP contribution is 2.30. The molecule has 1 rings (SSSR count). The minimum absolute atomic E-state index is 0.0536. The van der Waals surface area contributed by atoms with Gasteiger partial charge in [-0.2, -0.15) is 0 Å². The fraction of sp³-hybridized carbons (Fsp3) is 0.417. The van der Waals surface area contributed by atoms with Crippen molar-refractivity contribution in [1.82, 2.24) is 5.32 Å². The van der Waals surface area contributed by atoms with Crippen molar-refractivity contribution in [1.29, 1.82) is 0 Å². The van der Waals surface area contributed by atoms with Crippen LogP contribution >= 0.6 is 11.6 Å². The summed E-state index contributed by atoms with van der Waals surface area (Å²) in [5, 5.41) is 6.38. The zero-order valence-electron chi connectivity index (χ0n) is 10.3. The van der Waals surface area contributed by atoms with E-state index in [2.05, 4.69) is 10.6 Å². The number of rotatable bonds is 5. The molecular formula is C12H17ClN2O2. The Balaban J connectivity index is 2.76. The average Bonchev–Trinajstić information content (AvgIpc) is 2.30. The third-order valence-corrected chi connectivity index (χ3v) is 2.70. The maximum absolute atomic E-state index is 11.3. The van der Waals surface area contributed by atoms with Crippen LogP contribution in [-0.2, 0) is 4.79 Å². The van der Waals surface area contributed by atoms with Crippen molar-refractivity contribution in [2.45, 2.75) is 13.8 Å². The van der Waals surface area contributed by atoms with Gasteiger partial charge in [0, 0.05) is 17.6 Å². The molecule has 1 aromatic carbocycles. The minimum atomic E-state index is -0.0536. The molecule has 0 saturated heterocycles. The van der Waals surface area contributed by atoms with Gasteiger partial charge in [-0.15, -0.1) is 0 Å². The summed E-state index contributed by atoms with van der Waals surface area (Å²) in [5.74, 6) is 0.576. The molecule has 5 heteroatoms. The Kier molecular flexibility index (Phi) is 5.10. The summed E-state index contributed by atoms with van der Waals surface area (Å²) in [6.07, 6.45) is 0. The molecule has 0 spiro atoms. The zero-order chi connectivity index (χ0) is 12.8. The number of hydrogen-bond acceptors (Lipinski definition) is 3. The number of ether oxygens (including phenoxy) is 1. The monoisotopic (exact) mass is 256 g/mol. The molecule has 0 radical (unpaired) electrons. The first kappa shape index (κ1) is 13.6. The van der Waals surface area contributed by atoms with E-state index in [0.717, 1.165) is 11.3 Å². The number of nitrogens with one attached hydrogen (secondary N) is 2. The van der Waals surface area contributed by atoms with E-state index in [1.807, 2.05) is 19.9 Å². The molecule has 1 amide bonds. The van der Waals surface area contributed by atoms with Crippen LogP contribution in [0.25, 0.3) is 0 Å². The van der Waals surface area contributed by atoms with Crippen LogP contribution in [0, 0.1) is 6.92 Å². The lowest BCUT2D eigenvalue weighted by atomic mass is 10.2. The van der Waals surface area contributed by atoms with Gasteiger partial charge in [-0.1, -0.05) is 11.6 Å². The number of anilines is 1. The number of halogens is 1. The van der Waals surface area contributed by atoms with Crippen LogP contribution in [-0.4, -0.2) is 26.1 Å². The van der Waals surface area contributed by atoms with Crippen LogP contribution in [0.4, 0.5) is 5.69 Å². The first-order valence-electron chi connectivity index (χ1n) is 5.43. The quantitative estimate of drug-likeness (QED) is 0.849. The second-order valence-electron chi connectivity index (χ2n) is 3.61. The number of carbonyl (C=O) groups is 1. The molecule has 0 bridgehead atoms. The Morgan fingerprint density at radius 2 is 2.18 bits per heavy atom. The van der Waals surface area contributed by atoms with Crippen molar-refractivity contribution in [3.63, 3.8) is 0 Å². The van der Waals surface area contributed by atoms with E-state index >= 15 is 0 Å². The molecule has 0 aliphatic heterocycles. The Morgan fingerprint density at radius 3 is 2.76 bits per heavy atom. The second kappa shape index (κ2) is 6.35. The van der Waals surface area contributed by atoms with E-state index < -0.39 is 0 Å². The molecule has 17 heavy (non-hydrogen) atoms. The fourth-order valence-corrected chi connectivity index (χ4v) is 1.56. The number of benzene rings is 1. The highest BCUT2D eigenvalue weighted by Gasteiger charge is 2.08. The topological polar surface area (TPSA) is 50.4 Å². The lowest BCUT2D eigenvalue weighted by Gasteiger charge is -2.12. The van der Waals surface area contributed by atoms with Crippen molar-refractivity contribution in [3.8, 4) is 5.75 Å². The zero-order valence-corrected chi connectivity index (χ0v) is 11.0. The summed E-state index contributed by atoms with van der Waals surface area (Å²) in [6.45, 7) is 4.62. The van der Waals surface area contributed by atoms with Gasteiger partial charge in [0.05, 0.1) is 19.3 Å². The van der Waals surface area contributed by atoms with Crippen molar-refractivity contribution in [2.75, 3.05) is 25.5 Å². The average molecular weight is 257 g/mol. The van der Waals surface area contributed by atoms with E-state index in [1.54, 1.807) is 13.2 Å². The van der Waals surface area contributed by atoms with Crippen molar-refractivity contribution >= 4 is 23.2 Å². The number of carbonyl (C=O) groups excluding carboxylic acids is 1. The van der Waals surface area contributed by atoms with Crippen LogP contribution in [0.3, 0.4) is 0 Å². The van der Waals surface area contributed by atoms with E-state index in [4.69, 9.17) is 16.3 Å². The molecule has 1 aromatic rings. The van der Waals surface area contributed by atoms with Crippen LogP contribution in [0.5, 0.6) is 5.75 Å². The molecule has 0 heterocycles. The fourth-order valence-electron chi connectivity index (χ4n) is 1.41. The van der Waals surface area contributed by atoms with Gasteiger partial charge in [0.25, 0.3) is 0 Å². The highest BCUT2D eigenvalue weighted by molar-refractivity contribution is 6.31. The van der Waals surface area contributed by atoms with Crippen molar-refractivity contribution < 1.29 is 9.53 Å². The van der Waals surface area contributed by atoms with Gasteiger partial charge in [-0.3, -0.25) is 4.79 Å². The standard InChI is InChI=1S/C12H17ClN2O2/c1-4-14-12(16)7-15-10-5-8(2)9(13)6-11(10)17-3/h5-6,15H,4,7H2,1-3H3,(H,14,16). The Morgan fingerprint density at radius 1 is 1.47 bits per heavy atom. The van der Waals surface area contributed by atoms with Crippen LogP contribution < -0.4 is 15.4 Å². The molecular weight excluding hydrogens is 240 g/mol. The molecule has 94 valence electrons. The molecule has 0 unspecified atom stereocenters. The van der Waals surface area contributed by atoms with E-state index in [-0.39, 0.29) is 12.5 Å². The van der Waals surface area contributed by atoms with Gasteiger partial charge in [0.15, 0.2) is 0 Å². The Hall–Kier alpha value is -1.42. The van der Waals surface area contributed by atoms with Gasteiger partial charge in [0.2, 0.25) is 5.91 Å². The summed E-state index contributed by atoms with van der Waals surface area (Å²) in [5.41, 5.74) is 1.70. The molecule has 0 aromatic heterocycles. The maximum atomic E-state index is 11.3. The van der Waals surface area contributed by atoms with Crippen LogP contribution in [0.15, 0.2) is 12.1 Å². The molecule has 4 nitrogen and oxygen atoms in total. The summed E-state index contributed by atoms with van der Waals surface area (Å²) >= 11 is 5.99. The third-order valence-electron chi connectivity index (χ3n) is 2.29. The van der Waals surface area contributed by atoms with Crippen LogP contribution in [0.2, 0.25) is 5.02 Å². The van der Waals surface area contributed by atoms with Gasteiger partial charge >= 0.3 is 0 Å². The predicted molar refractivity (Wildman–Crippen MR) is 69.9 cm³/mol. The van der Waals surface area contributed by atoms with Crippen molar-refractivity contribution in [3.05, 3.63) is 22.7 Å². The number of likely N-dealkylation sites (N-methyl/N-ethyl adjacent to an activating group) is 1. The van der Waals surface area contributed by atoms with Gasteiger partial charge in [-0.25, -0.2) is 0 Å². The lowest BCUT2D eigenvalue weighted by molar-refractivity contribution is -0.119. The first-order chi connectivity index (χ1) is 8.08. The molecule has 0 aliphatic rings. The normalized spacial score (nSPS) is 9.88. The molecule has 0 atom stereocenters. The summed E-state index contributed by atoms with van der Waals surface area (Å²) in [7, 11) is 1.57. The summed E-state index contributed by atoms with van der Waals surface area (Å²) in [6, 6.07) is 3.59. The van der Waals surface area contributed by atoms with E-state index in [1.165, 1.54) is 0 Å². The van der Waals surface area contributed by atoms with E-state index in [9.17, 15) is 4.79 Å². The largest absolute Gasteiger partial charge is 0.495 e. The SMILES string of the molecule is CCNC(=O)CNc1cc(C)c(Cl)cc1OC. The second-order valence-corrected chi connectivity index (χ2v) is 4.02. The maximum Gasteiger partial charge on any atom is 0.239 e. The van der Waals surface area contributed by atoms with Crippen molar-refractivity contribution in [2.24, 2.45) is 0 Å². The molecule has 0 aliphatic carbocycles. The first-order valence-corrected chi connectivity index (χ1v) is 5.81. The van der Waals surface area contributed by atoms with Gasteiger partial charge in [0.1, 0.15) is 5.75 Å². The smallest absolute Gasteiger partial charge is 0.239 e. The number of methoxy groups -OCH3 is 1. The lowest BCUT2D eigenvalue weighted by Crippen LogP contribution is -2.29. The summed E-state index contributed by atoms with van der Waals surface area (Å²) < 4.78 is 5.19. The third kappa shape index (κ3) is 3.82. The van der Waals surface area contributed by atoms with Crippen LogP contribution in [0.1, 0.15) is 12.5 Å². The minimum Gasteiger partial charge on any atom is -0.495 e. The van der Waals surface area contributed by atoms with E-state index in [0.29, 0.717) is 17.3 Å². The number of amides is 1. The Labute approximate surface area is 106 Å². The summed E-state index contributed by atoms with van der Waals surface area (Å²) in [4.78, 5) is 11.3. The number of hydrogen-bond donors (Lipinski definition) is 2.